The van der Waals surface area contributed by atoms with Crippen molar-refractivity contribution in [3.8, 4) is 0 Å². The molecule has 16 heavy (non-hydrogen) atoms. The van der Waals surface area contributed by atoms with E-state index >= 15 is 0 Å². The number of aryl methyl sites for hydroxylation is 2. The van der Waals surface area contributed by atoms with Crippen molar-refractivity contribution in [1.29, 1.82) is 0 Å². The van der Waals surface area contributed by atoms with Crippen molar-refractivity contribution in [1.82, 2.24) is 0 Å². The average Bonchev–Trinajstić information content (AvgIpc) is 2.23. The van der Waals surface area contributed by atoms with E-state index in [1.165, 1.54) is 11.1 Å². The van der Waals surface area contributed by atoms with Crippen LogP contribution in [-0.2, 0) is 9.53 Å². The van der Waals surface area contributed by atoms with Crippen molar-refractivity contribution in [2.45, 2.75) is 20.8 Å². The Labute approximate surface area is 97.0 Å². The van der Waals surface area contributed by atoms with Gasteiger partial charge in [-0.15, -0.1) is 0 Å². The van der Waals surface area contributed by atoms with E-state index in [2.05, 4.69) is 6.92 Å². The van der Waals surface area contributed by atoms with Crippen LogP contribution in [0.25, 0.3) is 0 Å². The van der Waals surface area contributed by atoms with Crippen molar-refractivity contribution in [2.24, 2.45) is 0 Å². The number of hydrogen-bond donors (Lipinski definition) is 0. The first-order valence-corrected chi connectivity index (χ1v) is 5.40. The Bertz CT molecular complexity index is 374. The Hall–Kier alpha value is -1.35. The molecule has 0 aromatic heterocycles. The van der Waals surface area contributed by atoms with Gasteiger partial charge in [0.25, 0.3) is 0 Å². The van der Waals surface area contributed by atoms with E-state index in [0.717, 1.165) is 5.69 Å². The predicted molar refractivity (Wildman–Crippen MR) is 65.8 cm³/mol. The molecule has 0 aliphatic heterocycles. The maximum Gasteiger partial charge on any atom is 0.223 e. The minimum Gasteiger partial charge on any atom is -0.383 e. The second-order valence-corrected chi connectivity index (χ2v) is 3.93. The molecule has 0 aliphatic rings. The number of methoxy groups -OCH3 is 1. The Morgan fingerprint density at radius 3 is 2.50 bits per heavy atom. The number of amides is 1. The Kier molecular flexibility index (Phi) is 4.50. The minimum absolute atomic E-state index is 0.0419. The highest BCUT2D eigenvalue weighted by atomic mass is 16.5. The summed E-state index contributed by atoms with van der Waals surface area (Å²) in [6, 6.07) is 6.04. The molecule has 0 heterocycles. The zero-order chi connectivity index (χ0) is 12.1. The van der Waals surface area contributed by atoms with Crippen LogP contribution >= 0.6 is 0 Å². The van der Waals surface area contributed by atoms with E-state index in [0.29, 0.717) is 13.2 Å². The largest absolute Gasteiger partial charge is 0.383 e. The van der Waals surface area contributed by atoms with Gasteiger partial charge >= 0.3 is 0 Å². The molecule has 0 N–H and O–H groups in total. The van der Waals surface area contributed by atoms with E-state index < -0.39 is 0 Å². The third-order valence-corrected chi connectivity index (χ3v) is 2.70. The van der Waals surface area contributed by atoms with Crippen molar-refractivity contribution in [3.05, 3.63) is 29.3 Å². The molecule has 1 rings (SSSR count). The minimum atomic E-state index is 0.0419. The number of ether oxygens (including phenoxy) is 1. The SMILES string of the molecule is COCCN(C(C)=O)c1ccc(C)c(C)c1. The number of benzene rings is 1. The first-order chi connectivity index (χ1) is 7.56. The lowest BCUT2D eigenvalue weighted by molar-refractivity contribution is -0.116. The van der Waals surface area contributed by atoms with Crippen molar-refractivity contribution in [3.63, 3.8) is 0 Å². The molecule has 3 heteroatoms. The summed E-state index contributed by atoms with van der Waals surface area (Å²) in [4.78, 5) is 13.2. The first-order valence-electron chi connectivity index (χ1n) is 5.40. The zero-order valence-corrected chi connectivity index (χ0v) is 10.4. The zero-order valence-electron chi connectivity index (χ0n) is 10.4. The third kappa shape index (κ3) is 3.07. The van der Waals surface area contributed by atoms with Crippen LogP contribution in [0.4, 0.5) is 5.69 Å². The van der Waals surface area contributed by atoms with Crippen LogP contribution in [0.15, 0.2) is 18.2 Å². The number of hydrogen-bond acceptors (Lipinski definition) is 2. The normalized spacial score (nSPS) is 10.2. The van der Waals surface area contributed by atoms with Gasteiger partial charge in [0.15, 0.2) is 0 Å². The smallest absolute Gasteiger partial charge is 0.223 e. The fourth-order valence-electron chi connectivity index (χ4n) is 1.54. The molecule has 0 unspecified atom stereocenters. The number of rotatable bonds is 4. The van der Waals surface area contributed by atoms with E-state index in [1.807, 2.05) is 25.1 Å². The molecule has 0 saturated heterocycles. The van der Waals surface area contributed by atoms with Gasteiger partial charge < -0.3 is 9.64 Å². The highest BCUT2D eigenvalue weighted by molar-refractivity contribution is 5.91. The quantitative estimate of drug-likeness (QED) is 0.780. The molecule has 1 aromatic carbocycles. The van der Waals surface area contributed by atoms with Gasteiger partial charge in [-0.3, -0.25) is 4.79 Å². The molecule has 1 amide bonds. The van der Waals surface area contributed by atoms with Crippen LogP contribution in [-0.4, -0.2) is 26.2 Å². The average molecular weight is 221 g/mol. The summed E-state index contributed by atoms with van der Waals surface area (Å²) in [7, 11) is 1.64. The summed E-state index contributed by atoms with van der Waals surface area (Å²) in [5.41, 5.74) is 3.37. The number of anilines is 1. The maximum atomic E-state index is 11.5. The van der Waals surface area contributed by atoms with Gasteiger partial charge in [-0.05, 0) is 37.1 Å². The predicted octanol–water partition coefficient (Wildman–Crippen LogP) is 2.30. The Morgan fingerprint density at radius 2 is 2.00 bits per heavy atom. The monoisotopic (exact) mass is 221 g/mol. The second-order valence-electron chi connectivity index (χ2n) is 3.93. The summed E-state index contributed by atoms with van der Waals surface area (Å²) in [6.07, 6.45) is 0. The molecule has 0 bridgehead atoms. The van der Waals surface area contributed by atoms with Crippen molar-refractivity contribution in [2.75, 3.05) is 25.2 Å². The molecular weight excluding hydrogens is 202 g/mol. The summed E-state index contributed by atoms with van der Waals surface area (Å²) in [6.45, 7) is 6.82. The van der Waals surface area contributed by atoms with Gasteiger partial charge in [-0.25, -0.2) is 0 Å². The van der Waals surface area contributed by atoms with Gasteiger partial charge in [0, 0.05) is 26.3 Å². The van der Waals surface area contributed by atoms with Crippen LogP contribution in [0.3, 0.4) is 0 Å². The number of nitrogens with zero attached hydrogens (tertiary/aromatic N) is 1. The highest BCUT2D eigenvalue weighted by Gasteiger charge is 2.11. The maximum absolute atomic E-state index is 11.5. The lowest BCUT2D eigenvalue weighted by atomic mass is 10.1. The van der Waals surface area contributed by atoms with Gasteiger partial charge in [-0.2, -0.15) is 0 Å². The van der Waals surface area contributed by atoms with Gasteiger partial charge in [0.05, 0.1) is 6.61 Å². The third-order valence-electron chi connectivity index (χ3n) is 2.70. The molecule has 0 spiro atoms. The molecule has 0 atom stereocenters. The number of carbonyl (C=O) groups is 1. The molecule has 1 aromatic rings. The topological polar surface area (TPSA) is 29.5 Å². The highest BCUT2D eigenvalue weighted by Crippen LogP contribution is 2.18. The molecule has 0 aliphatic carbocycles. The first kappa shape index (κ1) is 12.7. The van der Waals surface area contributed by atoms with Crippen LogP contribution < -0.4 is 4.90 Å². The summed E-state index contributed by atoms with van der Waals surface area (Å²) < 4.78 is 5.00. The Morgan fingerprint density at radius 1 is 1.31 bits per heavy atom. The number of carbonyl (C=O) groups excluding carboxylic acids is 1. The lowest BCUT2D eigenvalue weighted by Gasteiger charge is -2.21. The van der Waals surface area contributed by atoms with Gasteiger partial charge in [0.1, 0.15) is 0 Å². The summed E-state index contributed by atoms with van der Waals surface area (Å²) >= 11 is 0. The Balaban J connectivity index is 2.92. The van der Waals surface area contributed by atoms with Crippen LogP contribution in [0, 0.1) is 13.8 Å². The lowest BCUT2D eigenvalue weighted by Crippen LogP contribution is -2.31. The molecule has 0 saturated carbocycles. The fourth-order valence-corrected chi connectivity index (χ4v) is 1.54. The molecular formula is C13H19NO2. The second kappa shape index (κ2) is 5.66. The van der Waals surface area contributed by atoms with Crippen molar-refractivity contribution < 1.29 is 9.53 Å². The molecule has 0 fully saturated rings. The van der Waals surface area contributed by atoms with E-state index in [4.69, 9.17) is 4.74 Å². The van der Waals surface area contributed by atoms with E-state index in [-0.39, 0.29) is 5.91 Å². The van der Waals surface area contributed by atoms with Gasteiger partial charge in [0.2, 0.25) is 5.91 Å². The van der Waals surface area contributed by atoms with Gasteiger partial charge in [-0.1, -0.05) is 6.07 Å². The van der Waals surface area contributed by atoms with Crippen molar-refractivity contribution >= 4 is 11.6 Å². The van der Waals surface area contributed by atoms with Crippen LogP contribution in [0.1, 0.15) is 18.1 Å². The summed E-state index contributed by atoms with van der Waals surface area (Å²) in [5.74, 6) is 0.0419. The van der Waals surface area contributed by atoms with E-state index in [9.17, 15) is 4.79 Å². The summed E-state index contributed by atoms with van der Waals surface area (Å²) in [5, 5.41) is 0. The standard InChI is InChI=1S/C13H19NO2/c1-10-5-6-13(9-11(10)2)14(12(3)15)7-8-16-4/h5-6,9H,7-8H2,1-4H3. The molecule has 0 radical (unpaired) electrons. The fraction of sp³-hybridized carbons (Fsp3) is 0.462. The molecule has 3 nitrogen and oxygen atoms in total. The van der Waals surface area contributed by atoms with E-state index in [1.54, 1.807) is 18.9 Å². The van der Waals surface area contributed by atoms with Crippen LogP contribution in [0.5, 0.6) is 0 Å². The molecule has 88 valence electrons. The van der Waals surface area contributed by atoms with Crippen LogP contribution in [0.2, 0.25) is 0 Å².